The van der Waals surface area contributed by atoms with E-state index in [2.05, 4.69) is 24.1 Å². The van der Waals surface area contributed by atoms with Gasteiger partial charge in [0.05, 0.1) is 6.61 Å². The van der Waals surface area contributed by atoms with Gasteiger partial charge in [0.15, 0.2) is 0 Å². The number of hydrogen-bond acceptors (Lipinski definition) is 3. The van der Waals surface area contributed by atoms with Gasteiger partial charge in [-0.1, -0.05) is 13.8 Å². The summed E-state index contributed by atoms with van der Waals surface area (Å²) in [5.41, 5.74) is 0. The number of aliphatic hydroxyl groups excluding tert-OH is 1. The Morgan fingerprint density at radius 1 is 1.58 bits per heavy atom. The highest BCUT2D eigenvalue weighted by molar-refractivity contribution is 4.81. The van der Waals surface area contributed by atoms with Crippen molar-refractivity contribution in [3.63, 3.8) is 0 Å². The number of aliphatic hydroxyl groups is 1. The largest absolute Gasteiger partial charge is 0.395 e. The molecular formula is C9H20N2O. The molecule has 1 rings (SSSR count). The number of nitrogens with zero attached hydrogens (tertiary/aromatic N) is 1. The van der Waals surface area contributed by atoms with E-state index in [4.69, 9.17) is 5.11 Å². The lowest BCUT2D eigenvalue weighted by molar-refractivity contribution is 0.218. The van der Waals surface area contributed by atoms with E-state index in [9.17, 15) is 0 Å². The Bertz CT molecular complexity index is 128. The van der Waals surface area contributed by atoms with Crippen LogP contribution in [0.4, 0.5) is 0 Å². The van der Waals surface area contributed by atoms with Crippen LogP contribution < -0.4 is 5.32 Å². The third-order valence-corrected chi connectivity index (χ3v) is 2.26. The van der Waals surface area contributed by atoms with Gasteiger partial charge in [0.1, 0.15) is 0 Å². The van der Waals surface area contributed by atoms with Crippen LogP contribution in [0.15, 0.2) is 0 Å². The maximum atomic E-state index is 8.73. The second kappa shape index (κ2) is 4.80. The average Bonchev–Trinajstić information content (AvgIpc) is 2.36. The first-order chi connectivity index (χ1) is 5.72. The third kappa shape index (κ3) is 3.09. The summed E-state index contributed by atoms with van der Waals surface area (Å²) in [5.74, 6) is 0. The summed E-state index contributed by atoms with van der Waals surface area (Å²) in [4.78, 5) is 2.31. The topological polar surface area (TPSA) is 35.5 Å². The number of likely N-dealkylation sites (tertiary alicyclic amines) is 1. The van der Waals surface area contributed by atoms with Gasteiger partial charge in [-0.3, -0.25) is 4.90 Å². The number of rotatable bonds is 4. The van der Waals surface area contributed by atoms with Gasteiger partial charge in [-0.15, -0.1) is 0 Å². The fourth-order valence-corrected chi connectivity index (χ4v) is 1.78. The molecule has 3 nitrogen and oxygen atoms in total. The Balaban J connectivity index is 2.16. The normalized spacial score (nSPS) is 25.5. The van der Waals surface area contributed by atoms with Crippen molar-refractivity contribution < 1.29 is 5.11 Å². The summed E-state index contributed by atoms with van der Waals surface area (Å²) in [6.07, 6.45) is 1.22. The van der Waals surface area contributed by atoms with Crippen molar-refractivity contribution >= 4 is 0 Å². The van der Waals surface area contributed by atoms with Gasteiger partial charge in [0.2, 0.25) is 0 Å². The zero-order valence-corrected chi connectivity index (χ0v) is 8.08. The molecule has 1 aliphatic heterocycles. The summed E-state index contributed by atoms with van der Waals surface area (Å²) in [7, 11) is 0. The van der Waals surface area contributed by atoms with Crippen LogP contribution in [-0.2, 0) is 0 Å². The lowest BCUT2D eigenvalue weighted by atomic mass is 10.2. The van der Waals surface area contributed by atoms with Crippen molar-refractivity contribution in [2.24, 2.45) is 0 Å². The Hall–Kier alpha value is -0.120. The zero-order valence-electron chi connectivity index (χ0n) is 8.08. The van der Waals surface area contributed by atoms with Crippen LogP contribution in [-0.4, -0.2) is 48.3 Å². The monoisotopic (exact) mass is 172 g/mol. The van der Waals surface area contributed by atoms with Crippen molar-refractivity contribution in [1.29, 1.82) is 0 Å². The Morgan fingerprint density at radius 3 is 2.92 bits per heavy atom. The van der Waals surface area contributed by atoms with Crippen LogP contribution in [0.5, 0.6) is 0 Å². The van der Waals surface area contributed by atoms with Crippen LogP contribution >= 0.6 is 0 Å². The molecule has 0 saturated carbocycles. The molecule has 3 heteroatoms. The van der Waals surface area contributed by atoms with Gasteiger partial charge in [-0.05, 0) is 13.0 Å². The number of hydrogen-bond donors (Lipinski definition) is 2. The summed E-state index contributed by atoms with van der Waals surface area (Å²) in [6.45, 7) is 7.69. The van der Waals surface area contributed by atoms with E-state index in [1.807, 2.05) is 0 Å². The molecule has 0 spiro atoms. The average molecular weight is 172 g/mol. The Morgan fingerprint density at radius 2 is 2.33 bits per heavy atom. The quantitative estimate of drug-likeness (QED) is 0.629. The molecule has 1 fully saturated rings. The van der Waals surface area contributed by atoms with Crippen LogP contribution in [0.2, 0.25) is 0 Å². The van der Waals surface area contributed by atoms with E-state index in [-0.39, 0.29) is 6.61 Å². The van der Waals surface area contributed by atoms with Crippen LogP contribution in [0.3, 0.4) is 0 Å². The summed E-state index contributed by atoms with van der Waals surface area (Å²) >= 11 is 0. The molecule has 0 radical (unpaired) electrons. The van der Waals surface area contributed by atoms with E-state index in [0.29, 0.717) is 12.1 Å². The van der Waals surface area contributed by atoms with Crippen molar-refractivity contribution in [2.75, 3.05) is 26.2 Å². The second-order valence-electron chi connectivity index (χ2n) is 3.83. The van der Waals surface area contributed by atoms with Gasteiger partial charge in [-0.25, -0.2) is 0 Å². The minimum absolute atomic E-state index is 0.286. The molecule has 1 atom stereocenters. The molecule has 12 heavy (non-hydrogen) atoms. The summed E-state index contributed by atoms with van der Waals surface area (Å²) in [5, 5.41) is 12.2. The highest BCUT2D eigenvalue weighted by atomic mass is 16.3. The molecule has 0 aromatic rings. The fraction of sp³-hybridized carbons (Fsp3) is 1.00. The van der Waals surface area contributed by atoms with Crippen molar-refractivity contribution in [1.82, 2.24) is 10.2 Å². The lowest BCUT2D eigenvalue weighted by Gasteiger charge is -2.17. The molecule has 72 valence electrons. The predicted octanol–water partition coefficient (Wildman–Crippen LogP) is 0.0510. The minimum atomic E-state index is 0.286. The molecule has 1 saturated heterocycles. The van der Waals surface area contributed by atoms with Crippen LogP contribution in [0, 0.1) is 0 Å². The maximum absolute atomic E-state index is 8.73. The van der Waals surface area contributed by atoms with Crippen molar-refractivity contribution in [2.45, 2.75) is 32.4 Å². The van der Waals surface area contributed by atoms with E-state index in [0.717, 1.165) is 19.6 Å². The van der Waals surface area contributed by atoms with Crippen molar-refractivity contribution in [3.05, 3.63) is 0 Å². The van der Waals surface area contributed by atoms with Gasteiger partial charge in [-0.2, -0.15) is 0 Å². The zero-order chi connectivity index (χ0) is 8.97. The Kier molecular flexibility index (Phi) is 3.98. The SMILES string of the molecule is CC(C)NC1CCN(CCO)C1. The third-order valence-electron chi connectivity index (χ3n) is 2.26. The van der Waals surface area contributed by atoms with E-state index in [1.165, 1.54) is 6.42 Å². The smallest absolute Gasteiger partial charge is 0.0558 e. The standard InChI is InChI=1S/C9H20N2O/c1-8(2)10-9-3-4-11(7-9)5-6-12/h8-10,12H,3-7H2,1-2H3. The minimum Gasteiger partial charge on any atom is -0.395 e. The first kappa shape index (κ1) is 9.96. The number of nitrogens with one attached hydrogen (secondary N) is 1. The van der Waals surface area contributed by atoms with Gasteiger partial charge >= 0.3 is 0 Å². The molecule has 0 amide bonds. The van der Waals surface area contributed by atoms with Gasteiger partial charge in [0, 0.05) is 25.2 Å². The van der Waals surface area contributed by atoms with Crippen molar-refractivity contribution in [3.8, 4) is 0 Å². The van der Waals surface area contributed by atoms with Crippen LogP contribution in [0.1, 0.15) is 20.3 Å². The molecule has 1 unspecified atom stereocenters. The van der Waals surface area contributed by atoms with E-state index >= 15 is 0 Å². The van der Waals surface area contributed by atoms with Crippen LogP contribution in [0.25, 0.3) is 0 Å². The van der Waals surface area contributed by atoms with E-state index in [1.54, 1.807) is 0 Å². The molecule has 2 N–H and O–H groups in total. The lowest BCUT2D eigenvalue weighted by Crippen LogP contribution is -2.37. The first-order valence-corrected chi connectivity index (χ1v) is 4.81. The fourth-order valence-electron chi connectivity index (χ4n) is 1.78. The molecule has 1 aliphatic rings. The molecule has 0 bridgehead atoms. The molecule has 0 aliphatic carbocycles. The molecular weight excluding hydrogens is 152 g/mol. The highest BCUT2D eigenvalue weighted by Crippen LogP contribution is 2.08. The molecule has 0 aromatic carbocycles. The van der Waals surface area contributed by atoms with E-state index < -0.39 is 0 Å². The first-order valence-electron chi connectivity index (χ1n) is 4.81. The second-order valence-corrected chi connectivity index (χ2v) is 3.83. The summed E-state index contributed by atoms with van der Waals surface area (Å²) < 4.78 is 0. The van der Waals surface area contributed by atoms with Gasteiger partial charge in [0.25, 0.3) is 0 Å². The maximum Gasteiger partial charge on any atom is 0.0558 e. The summed E-state index contributed by atoms with van der Waals surface area (Å²) in [6, 6.07) is 1.21. The molecule has 0 aromatic heterocycles. The predicted molar refractivity (Wildman–Crippen MR) is 50.2 cm³/mol. The van der Waals surface area contributed by atoms with Gasteiger partial charge < -0.3 is 10.4 Å². The number of β-amino-alcohol motifs (C(OH)–C–C–N with tert-alkyl or cyclic N) is 1. The Labute approximate surface area is 74.8 Å². The highest BCUT2D eigenvalue weighted by Gasteiger charge is 2.21. The molecule has 1 heterocycles.